The van der Waals surface area contributed by atoms with Gasteiger partial charge < -0.3 is 40.2 Å². The first kappa shape index (κ1) is 58.8. The lowest BCUT2D eigenvalue weighted by atomic mass is 9.85. The van der Waals surface area contributed by atoms with E-state index in [0.29, 0.717) is 67.5 Å². The van der Waals surface area contributed by atoms with Gasteiger partial charge in [0.05, 0.1) is 41.1 Å². The average molecular weight is 1110 g/mol. The van der Waals surface area contributed by atoms with Gasteiger partial charge in [-0.05, 0) is 82.8 Å². The Bertz CT molecular complexity index is 3240. The van der Waals surface area contributed by atoms with Crippen LogP contribution in [0.5, 0.6) is 0 Å². The topological polar surface area (TPSA) is 208 Å². The molecule has 2 aliphatic heterocycles. The number of nitrogens with zero attached hydrogens (tertiary/aromatic N) is 6. The number of amides is 5. The molecule has 422 valence electrons. The summed E-state index contributed by atoms with van der Waals surface area (Å²) in [4.78, 5) is 96.8. The number of β-amino-alcohol motifs (C(OH)–C–C–N with tert-alkyl or cyclic N) is 1. The smallest absolute Gasteiger partial charge is 0.272 e. The summed E-state index contributed by atoms with van der Waals surface area (Å²) in [5.41, 5.74) is 10.1. The van der Waals surface area contributed by atoms with Crippen LogP contribution in [-0.4, -0.2) is 135 Å². The molecule has 2 saturated heterocycles. The third-order valence-electron chi connectivity index (χ3n) is 15.0. The highest BCUT2D eigenvalue weighted by molar-refractivity contribution is 7.13. The molecule has 2 aliphatic rings. The van der Waals surface area contributed by atoms with Gasteiger partial charge in [-0.15, -0.1) is 11.3 Å². The molecule has 0 radical (unpaired) electrons. The molecule has 2 aromatic heterocycles. The van der Waals surface area contributed by atoms with Gasteiger partial charge in [0.2, 0.25) is 17.7 Å². The zero-order valence-corrected chi connectivity index (χ0v) is 48.2. The Morgan fingerprint density at radius 2 is 1.51 bits per heavy atom. The fourth-order valence-corrected chi connectivity index (χ4v) is 10.9. The number of hydrogen-bond acceptors (Lipinski definition) is 12. The third-order valence-corrected chi connectivity index (χ3v) is 16.0. The van der Waals surface area contributed by atoms with Crippen LogP contribution < -0.4 is 21.5 Å². The van der Waals surface area contributed by atoms with Gasteiger partial charge in [0.15, 0.2) is 0 Å². The van der Waals surface area contributed by atoms with Gasteiger partial charge in [0.1, 0.15) is 17.8 Å². The monoisotopic (exact) mass is 1110 g/mol. The summed E-state index contributed by atoms with van der Waals surface area (Å²) in [5.74, 6) is -1.45. The summed E-state index contributed by atoms with van der Waals surface area (Å²) >= 11 is 1.57. The predicted molar refractivity (Wildman–Crippen MR) is 311 cm³/mol. The number of ether oxygens (including phenoxy) is 1. The van der Waals surface area contributed by atoms with Gasteiger partial charge in [0, 0.05) is 101 Å². The van der Waals surface area contributed by atoms with E-state index >= 15 is 0 Å². The molecule has 17 nitrogen and oxygen atoms in total. The number of nitrogens with one attached hydrogen (secondary N) is 3. The van der Waals surface area contributed by atoms with E-state index in [-0.39, 0.29) is 73.6 Å². The number of aryl methyl sites for hydroxylation is 2. The van der Waals surface area contributed by atoms with Crippen molar-refractivity contribution in [1.82, 2.24) is 39.9 Å². The van der Waals surface area contributed by atoms with Crippen LogP contribution in [0.3, 0.4) is 0 Å². The number of benzene rings is 4. The summed E-state index contributed by atoms with van der Waals surface area (Å²) in [7, 11) is 1.70. The van der Waals surface area contributed by atoms with E-state index < -0.39 is 29.5 Å². The quantitative estimate of drug-likeness (QED) is 0.0628. The summed E-state index contributed by atoms with van der Waals surface area (Å²) in [5, 5.41) is 19.5. The van der Waals surface area contributed by atoms with Crippen LogP contribution >= 0.6 is 11.3 Å². The van der Waals surface area contributed by atoms with Crippen LogP contribution in [0.2, 0.25) is 0 Å². The number of hydrogen-bond donors (Lipinski definition) is 4. The zero-order chi connectivity index (χ0) is 57.5. The minimum absolute atomic E-state index is 0.0155. The first-order valence-electron chi connectivity index (χ1n) is 27.4. The number of aliphatic hydroxyl groups excluding tert-OH is 1. The molecule has 4 N–H and O–H groups in total. The van der Waals surface area contributed by atoms with E-state index in [9.17, 15) is 33.9 Å². The molecule has 5 amide bonds. The van der Waals surface area contributed by atoms with Crippen molar-refractivity contribution in [3.8, 4) is 21.7 Å². The number of thiazole rings is 1. The zero-order valence-electron chi connectivity index (χ0n) is 47.4. The molecule has 0 saturated carbocycles. The Labute approximate surface area is 472 Å². The Morgan fingerprint density at radius 3 is 2.16 bits per heavy atom. The lowest BCUT2D eigenvalue weighted by molar-refractivity contribution is -0.144. The number of carbonyl (C=O) groups is 5. The molecular weight excluding hydrogens is 1030 g/mol. The number of likely N-dealkylation sites (tertiary alicyclic amines) is 1. The molecule has 4 aromatic carbocycles. The van der Waals surface area contributed by atoms with Crippen LogP contribution in [0.25, 0.3) is 21.7 Å². The molecule has 0 unspecified atom stereocenters. The van der Waals surface area contributed by atoms with E-state index in [4.69, 9.17) is 9.72 Å². The van der Waals surface area contributed by atoms with Crippen LogP contribution in [-0.2, 0) is 44.5 Å². The highest BCUT2D eigenvalue weighted by Gasteiger charge is 2.44. The highest BCUT2D eigenvalue weighted by atomic mass is 32.1. The fourth-order valence-electron chi connectivity index (χ4n) is 10.1. The normalized spacial score (nSPS) is 16.3. The van der Waals surface area contributed by atoms with Crippen molar-refractivity contribution < 1.29 is 33.8 Å². The SMILES string of the molecule is Cc1ncsc1-c1ccc(CNC(=O)[C@@H]2C[C@@H](O)CN2C(=O)[C@@H](NC(=O)CCOCCN2CCN(C(=O)c3ccc(Cc4nc(-c5cccc(NC(=O)c6ccc(C(C)(C)C)cc6)c5C)cn(C)c4=O)cc3)CC2)C(C)(C)C)cc1. The number of aliphatic hydroxyl groups is 1. The molecule has 6 aromatic rings. The highest BCUT2D eigenvalue weighted by Crippen LogP contribution is 2.31. The molecule has 18 heteroatoms. The van der Waals surface area contributed by atoms with Crippen molar-refractivity contribution in [2.45, 2.75) is 105 Å². The van der Waals surface area contributed by atoms with E-state index in [2.05, 4.69) is 46.6 Å². The van der Waals surface area contributed by atoms with Gasteiger partial charge in [0.25, 0.3) is 17.4 Å². The molecule has 0 aliphatic carbocycles. The maximum absolute atomic E-state index is 14.1. The van der Waals surface area contributed by atoms with Gasteiger partial charge in [-0.3, -0.25) is 33.7 Å². The molecule has 4 heterocycles. The minimum atomic E-state index is -0.946. The summed E-state index contributed by atoms with van der Waals surface area (Å²) in [6.45, 7) is 19.6. The van der Waals surface area contributed by atoms with Crippen molar-refractivity contribution in [2.24, 2.45) is 12.5 Å². The second-order valence-corrected chi connectivity index (χ2v) is 23.9. The van der Waals surface area contributed by atoms with Crippen molar-refractivity contribution in [3.05, 3.63) is 158 Å². The van der Waals surface area contributed by atoms with Gasteiger partial charge >= 0.3 is 0 Å². The Hall–Kier alpha value is -7.38. The van der Waals surface area contributed by atoms with Gasteiger partial charge in [-0.25, -0.2) is 9.97 Å². The van der Waals surface area contributed by atoms with Gasteiger partial charge in [-0.2, -0.15) is 0 Å². The largest absolute Gasteiger partial charge is 0.391 e. The van der Waals surface area contributed by atoms with Crippen LogP contribution in [0.4, 0.5) is 5.69 Å². The fraction of sp³-hybridized carbons (Fsp3) is 0.419. The maximum Gasteiger partial charge on any atom is 0.272 e. The van der Waals surface area contributed by atoms with E-state index in [0.717, 1.165) is 44.0 Å². The maximum atomic E-state index is 14.1. The Morgan fingerprint density at radius 1 is 0.838 bits per heavy atom. The second-order valence-electron chi connectivity index (χ2n) is 23.1. The van der Waals surface area contributed by atoms with Crippen molar-refractivity contribution >= 4 is 46.6 Å². The third kappa shape index (κ3) is 14.5. The van der Waals surface area contributed by atoms with Crippen LogP contribution in [0.15, 0.2) is 107 Å². The summed E-state index contributed by atoms with van der Waals surface area (Å²) in [6, 6.07) is 26.6. The van der Waals surface area contributed by atoms with Crippen LogP contribution in [0, 0.1) is 19.3 Å². The van der Waals surface area contributed by atoms with E-state index in [1.807, 2.05) is 124 Å². The number of aromatic nitrogens is 3. The van der Waals surface area contributed by atoms with Crippen molar-refractivity contribution in [1.29, 1.82) is 0 Å². The number of rotatable bonds is 18. The first-order valence-corrected chi connectivity index (χ1v) is 28.2. The first-order chi connectivity index (χ1) is 38.0. The molecule has 0 bridgehead atoms. The molecular formula is C62H75N9O8S. The molecule has 80 heavy (non-hydrogen) atoms. The lowest BCUT2D eigenvalue weighted by Crippen LogP contribution is -2.57. The average Bonchev–Trinajstić information content (AvgIpc) is 4.10. The number of carbonyl (C=O) groups excluding carboxylic acids is 5. The van der Waals surface area contributed by atoms with Crippen molar-refractivity contribution in [3.63, 3.8) is 0 Å². The Kier molecular flexibility index (Phi) is 18.6. The van der Waals surface area contributed by atoms with Gasteiger partial charge in [-0.1, -0.05) is 102 Å². The second kappa shape index (κ2) is 25.4. The van der Waals surface area contributed by atoms with E-state index in [1.54, 1.807) is 36.7 Å². The van der Waals surface area contributed by atoms with E-state index in [1.165, 1.54) is 9.47 Å². The summed E-state index contributed by atoms with van der Waals surface area (Å²) in [6.07, 6.45) is 1.21. The minimum Gasteiger partial charge on any atom is -0.391 e. The lowest BCUT2D eigenvalue weighted by Gasteiger charge is -2.35. The van der Waals surface area contributed by atoms with Crippen LogP contribution in [0.1, 0.15) is 109 Å². The molecule has 2 fully saturated rings. The Balaban J connectivity index is 0.762. The molecule has 0 spiro atoms. The molecule has 3 atom stereocenters. The van der Waals surface area contributed by atoms with Crippen molar-refractivity contribution in [2.75, 3.05) is 57.8 Å². The standard InChI is InChI=1S/C62H75N9O8S/c1-39-48(11-10-12-49(39)66-56(74)44-21-23-46(24-22-44)61(3,4)5)51-37-68(9)59(77)50(65-51)33-41-13-19-45(20-14-41)58(76)70-28-26-69(27-29-70)30-32-79-31-25-53(73)67-55(62(6,7)8)60(78)71-36-47(72)34-52(71)57(75)63-35-42-15-17-43(18-16-42)54-40(2)64-38-80-54/h10-24,37-38,47,52,55,72H,25-36H2,1-9H3,(H,63,75)(H,66,74)(H,67,73)/t47-,52+,55-/m1/s1. The predicted octanol–water partition coefficient (Wildman–Crippen LogP) is 7.30. The number of anilines is 1. The summed E-state index contributed by atoms with van der Waals surface area (Å²) < 4.78 is 7.39. The molecule has 8 rings (SSSR count). The number of piperazine rings is 1.